The Balaban J connectivity index is 2.35. The van der Waals surface area contributed by atoms with Crippen molar-refractivity contribution in [2.75, 3.05) is 0 Å². The Bertz CT molecular complexity index is 309. The molecule has 1 nitrogen and oxygen atoms in total. The molecule has 0 N–H and O–H groups in total. The van der Waals surface area contributed by atoms with Crippen LogP contribution in [-0.2, 0) is 4.79 Å². The van der Waals surface area contributed by atoms with Crippen molar-refractivity contribution in [2.24, 2.45) is 11.3 Å². The summed E-state index contributed by atoms with van der Waals surface area (Å²) in [6, 6.07) is 0. The van der Waals surface area contributed by atoms with Gasteiger partial charge in [0.2, 0.25) is 0 Å². The largest absolute Gasteiger partial charge is 0.300 e. The molecular formula is C14H22O. The van der Waals surface area contributed by atoms with E-state index in [-0.39, 0.29) is 5.41 Å². The number of hydrogen-bond acceptors (Lipinski definition) is 1. The second-order valence-corrected chi connectivity index (χ2v) is 5.81. The topological polar surface area (TPSA) is 17.1 Å². The third-order valence-corrected chi connectivity index (χ3v) is 4.54. The van der Waals surface area contributed by atoms with Gasteiger partial charge >= 0.3 is 0 Å². The summed E-state index contributed by atoms with van der Waals surface area (Å²) in [7, 11) is 0. The molecule has 0 aromatic carbocycles. The number of Topliss-reactive ketones (excluding diaryl/α,β-unsaturated/α-hetero) is 1. The minimum absolute atomic E-state index is 0.276. The van der Waals surface area contributed by atoms with Gasteiger partial charge in [0.05, 0.1) is 0 Å². The normalized spacial score (nSPS) is 31.1. The van der Waals surface area contributed by atoms with Gasteiger partial charge in [0, 0.05) is 12.8 Å². The Morgan fingerprint density at radius 3 is 2.67 bits per heavy atom. The molecule has 1 unspecified atom stereocenters. The van der Waals surface area contributed by atoms with E-state index < -0.39 is 0 Å². The molecule has 0 radical (unpaired) electrons. The highest BCUT2D eigenvalue weighted by Crippen LogP contribution is 2.49. The van der Waals surface area contributed by atoms with E-state index >= 15 is 0 Å². The Morgan fingerprint density at radius 1 is 1.20 bits per heavy atom. The first-order valence-electron chi connectivity index (χ1n) is 6.22. The second-order valence-electron chi connectivity index (χ2n) is 5.81. The predicted molar refractivity (Wildman–Crippen MR) is 62.7 cm³/mol. The van der Waals surface area contributed by atoms with Crippen LogP contribution in [0, 0.1) is 11.3 Å². The third kappa shape index (κ3) is 1.89. The molecule has 2 aliphatic carbocycles. The van der Waals surface area contributed by atoms with Crippen LogP contribution in [-0.4, -0.2) is 5.78 Å². The van der Waals surface area contributed by atoms with E-state index in [0.29, 0.717) is 11.7 Å². The van der Waals surface area contributed by atoms with Crippen LogP contribution in [0.25, 0.3) is 0 Å². The summed E-state index contributed by atoms with van der Waals surface area (Å²) < 4.78 is 0. The molecule has 84 valence electrons. The van der Waals surface area contributed by atoms with Gasteiger partial charge in [-0.1, -0.05) is 25.0 Å². The van der Waals surface area contributed by atoms with E-state index in [1.54, 1.807) is 11.1 Å². The molecule has 2 bridgehead atoms. The number of fused-ring (bicyclic) bond motifs is 2. The zero-order valence-corrected chi connectivity index (χ0v) is 10.2. The molecule has 0 aromatic rings. The number of hydrogen-bond donors (Lipinski definition) is 0. The number of allylic oxidation sites excluding steroid dienone is 2. The van der Waals surface area contributed by atoms with Crippen molar-refractivity contribution in [3.05, 3.63) is 11.1 Å². The van der Waals surface area contributed by atoms with Crippen LogP contribution in [0.3, 0.4) is 0 Å². The average Bonchev–Trinajstić information content (AvgIpc) is 2.15. The van der Waals surface area contributed by atoms with Crippen molar-refractivity contribution in [1.82, 2.24) is 0 Å². The highest BCUT2D eigenvalue weighted by Gasteiger charge is 2.38. The van der Waals surface area contributed by atoms with Crippen LogP contribution < -0.4 is 0 Å². The van der Waals surface area contributed by atoms with Gasteiger partial charge in [-0.2, -0.15) is 0 Å². The summed E-state index contributed by atoms with van der Waals surface area (Å²) in [5, 5.41) is 0. The minimum atomic E-state index is 0.276. The average molecular weight is 206 g/mol. The predicted octanol–water partition coefficient (Wildman–Crippen LogP) is 3.88. The minimum Gasteiger partial charge on any atom is -0.300 e. The molecule has 0 saturated heterocycles. The summed E-state index contributed by atoms with van der Waals surface area (Å²) in [6.45, 7) is 6.97. The van der Waals surface area contributed by atoms with Crippen LogP contribution in [0.1, 0.15) is 59.3 Å². The molecule has 1 saturated carbocycles. The van der Waals surface area contributed by atoms with Crippen LogP contribution >= 0.6 is 0 Å². The van der Waals surface area contributed by atoms with E-state index in [1.807, 2.05) is 0 Å². The smallest absolute Gasteiger partial charge is 0.133 e. The fraction of sp³-hybridized carbons (Fsp3) is 0.786. The van der Waals surface area contributed by atoms with E-state index in [4.69, 9.17) is 0 Å². The lowest BCUT2D eigenvalue weighted by Gasteiger charge is -2.43. The summed E-state index contributed by atoms with van der Waals surface area (Å²) >= 11 is 0. The molecular weight excluding hydrogens is 184 g/mol. The Hall–Kier alpha value is -0.590. The van der Waals surface area contributed by atoms with Gasteiger partial charge in [-0.15, -0.1) is 0 Å². The third-order valence-electron chi connectivity index (χ3n) is 4.54. The molecule has 2 aliphatic rings. The van der Waals surface area contributed by atoms with Crippen LogP contribution in [0.2, 0.25) is 0 Å². The van der Waals surface area contributed by atoms with Gasteiger partial charge < -0.3 is 0 Å². The molecule has 0 spiro atoms. The number of ketones is 1. The fourth-order valence-electron chi connectivity index (χ4n) is 3.43. The Morgan fingerprint density at radius 2 is 1.93 bits per heavy atom. The highest BCUT2D eigenvalue weighted by molar-refractivity contribution is 5.79. The molecule has 0 heterocycles. The van der Waals surface area contributed by atoms with Gasteiger partial charge in [0.25, 0.3) is 0 Å². The van der Waals surface area contributed by atoms with Gasteiger partial charge in [0.1, 0.15) is 5.78 Å². The SMILES string of the molecule is CC1=C2CCCC(=O)CC(CC1)C2(C)C. The van der Waals surface area contributed by atoms with Crippen LogP contribution in [0.5, 0.6) is 0 Å². The maximum Gasteiger partial charge on any atom is 0.133 e. The molecule has 15 heavy (non-hydrogen) atoms. The van der Waals surface area contributed by atoms with E-state index in [0.717, 1.165) is 25.7 Å². The molecule has 1 heteroatoms. The van der Waals surface area contributed by atoms with E-state index in [1.165, 1.54) is 12.8 Å². The van der Waals surface area contributed by atoms with Crippen molar-refractivity contribution >= 4 is 5.78 Å². The van der Waals surface area contributed by atoms with Crippen molar-refractivity contribution in [2.45, 2.75) is 59.3 Å². The zero-order chi connectivity index (χ0) is 11.1. The lowest BCUT2D eigenvalue weighted by molar-refractivity contribution is -0.121. The van der Waals surface area contributed by atoms with Crippen molar-refractivity contribution in [1.29, 1.82) is 0 Å². The highest BCUT2D eigenvalue weighted by atomic mass is 16.1. The van der Waals surface area contributed by atoms with Gasteiger partial charge in [-0.05, 0) is 43.9 Å². The first kappa shape index (κ1) is 10.9. The Labute approximate surface area is 92.9 Å². The second kappa shape index (κ2) is 3.77. The van der Waals surface area contributed by atoms with Gasteiger partial charge in [-0.25, -0.2) is 0 Å². The van der Waals surface area contributed by atoms with E-state index in [9.17, 15) is 4.79 Å². The molecule has 0 aromatic heterocycles. The van der Waals surface area contributed by atoms with Gasteiger partial charge in [-0.3, -0.25) is 4.79 Å². The lowest BCUT2D eigenvalue weighted by Crippen LogP contribution is -2.34. The molecule has 0 aliphatic heterocycles. The first-order chi connectivity index (χ1) is 7.01. The van der Waals surface area contributed by atoms with Gasteiger partial charge in [0.15, 0.2) is 0 Å². The lowest BCUT2D eigenvalue weighted by atomic mass is 9.61. The summed E-state index contributed by atoms with van der Waals surface area (Å²) in [6.07, 6.45) is 6.29. The first-order valence-corrected chi connectivity index (χ1v) is 6.22. The molecule has 2 rings (SSSR count). The zero-order valence-electron chi connectivity index (χ0n) is 10.2. The van der Waals surface area contributed by atoms with Crippen LogP contribution in [0.15, 0.2) is 11.1 Å². The number of carbonyl (C=O) groups excluding carboxylic acids is 1. The molecule has 1 fully saturated rings. The fourth-order valence-corrected chi connectivity index (χ4v) is 3.43. The molecule has 0 amide bonds. The quantitative estimate of drug-likeness (QED) is 0.550. The maximum absolute atomic E-state index is 11.7. The van der Waals surface area contributed by atoms with Crippen molar-refractivity contribution in [3.8, 4) is 0 Å². The standard InChI is InChI=1S/C14H22O/c1-10-7-8-11-9-12(15)5-4-6-13(10)14(11,2)3/h11H,4-9H2,1-3H3. The monoisotopic (exact) mass is 206 g/mol. The van der Waals surface area contributed by atoms with E-state index in [2.05, 4.69) is 20.8 Å². The number of rotatable bonds is 0. The summed E-state index contributed by atoms with van der Waals surface area (Å²) in [5.74, 6) is 1.09. The maximum atomic E-state index is 11.7. The van der Waals surface area contributed by atoms with Crippen molar-refractivity contribution in [3.63, 3.8) is 0 Å². The molecule has 1 atom stereocenters. The number of carbonyl (C=O) groups is 1. The summed E-state index contributed by atoms with van der Waals surface area (Å²) in [5.41, 5.74) is 3.54. The summed E-state index contributed by atoms with van der Waals surface area (Å²) in [4.78, 5) is 11.7. The van der Waals surface area contributed by atoms with Crippen LogP contribution in [0.4, 0.5) is 0 Å². The Kier molecular flexibility index (Phi) is 2.74. The van der Waals surface area contributed by atoms with Crippen molar-refractivity contribution < 1.29 is 4.79 Å².